The summed E-state index contributed by atoms with van der Waals surface area (Å²) in [5, 5.41) is 3.53. The van der Waals surface area contributed by atoms with E-state index in [4.69, 9.17) is 9.47 Å². The topological polar surface area (TPSA) is 50.8 Å². The fraction of sp³-hybridized carbons (Fsp3) is 0.938. The van der Waals surface area contributed by atoms with Crippen molar-refractivity contribution >= 4 is 5.97 Å². The summed E-state index contributed by atoms with van der Waals surface area (Å²) < 4.78 is 10.4. The average Bonchev–Trinajstić information content (AvgIpc) is 3.37. The van der Waals surface area contributed by atoms with Crippen molar-refractivity contribution < 1.29 is 14.3 Å². The van der Waals surface area contributed by atoms with Gasteiger partial charge in [-0.3, -0.25) is 4.90 Å². The van der Waals surface area contributed by atoms with Crippen LogP contribution < -0.4 is 5.32 Å². The maximum Gasteiger partial charge on any atom is 0.327 e. The molecular weight excluding hydrogens is 268 g/mol. The van der Waals surface area contributed by atoms with Gasteiger partial charge in [0, 0.05) is 26.2 Å². The number of carbonyl (C=O) groups is 1. The summed E-state index contributed by atoms with van der Waals surface area (Å²) in [5.74, 6) is 0.321. The molecule has 0 saturated heterocycles. The van der Waals surface area contributed by atoms with Gasteiger partial charge in [-0.05, 0) is 44.6 Å². The smallest absolute Gasteiger partial charge is 0.327 e. The molecule has 2 saturated carbocycles. The second kappa shape index (κ2) is 7.56. The molecule has 0 radical (unpaired) electrons. The quantitative estimate of drug-likeness (QED) is 0.585. The first-order valence-electron chi connectivity index (χ1n) is 8.24. The number of nitrogens with one attached hydrogen (secondary N) is 1. The van der Waals surface area contributed by atoms with Crippen LogP contribution in [-0.2, 0) is 14.3 Å². The van der Waals surface area contributed by atoms with E-state index in [9.17, 15) is 4.79 Å². The van der Waals surface area contributed by atoms with Crippen LogP contribution in [0, 0.1) is 5.92 Å². The Morgan fingerprint density at radius 1 is 1.29 bits per heavy atom. The van der Waals surface area contributed by atoms with E-state index >= 15 is 0 Å². The van der Waals surface area contributed by atoms with Gasteiger partial charge in [-0.15, -0.1) is 0 Å². The fourth-order valence-electron chi connectivity index (χ4n) is 3.10. The van der Waals surface area contributed by atoms with Crippen molar-refractivity contribution in [2.75, 3.05) is 40.5 Å². The zero-order chi connectivity index (χ0) is 15.3. The molecule has 2 aliphatic rings. The number of hydrogen-bond donors (Lipinski definition) is 1. The molecule has 0 spiro atoms. The lowest BCUT2D eigenvalue weighted by atomic mass is 9.91. The van der Waals surface area contributed by atoms with Crippen LogP contribution in [0.3, 0.4) is 0 Å². The molecule has 0 amide bonds. The Hall–Kier alpha value is -0.650. The summed E-state index contributed by atoms with van der Waals surface area (Å²) in [4.78, 5) is 14.9. The predicted octanol–water partition coefficient (Wildman–Crippen LogP) is 1.42. The molecule has 0 aromatic rings. The summed E-state index contributed by atoms with van der Waals surface area (Å²) in [5.41, 5.74) is -0.527. The van der Waals surface area contributed by atoms with Crippen LogP contribution in [0.1, 0.15) is 39.0 Å². The van der Waals surface area contributed by atoms with Gasteiger partial charge >= 0.3 is 5.97 Å². The molecule has 0 aromatic heterocycles. The van der Waals surface area contributed by atoms with Gasteiger partial charge in [0.05, 0.1) is 13.7 Å². The summed E-state index contributed by atoms with van der Waals surface area (Å²) in [6.45, 7) is 5.34. The number of methoxy groups -OCH3 is 2. The van der Waals surface area contributed by atoms with Crippen molar-refractivity contribution in [3.8, 4) is 0 Å². The van der Waals surface area contributed by atoms with Crippen LogP contribution in [0.5, 0.6) is 0 Å². The maximum atomic E-state index is 12.5. The van der Waals surface area contributed by atoms with Crippen LogP contribution in [-0.4, -0.2) is 62.9 Å². The minimum Gasteiger partial charge on any atom is -0.468 e. The molecule has 5 nitrogen and oxygen atoms in total. The van der Waals surface area contributed by atoms with Gasteiger partial charge in [0.25, 0.3) is 0 Å². The molecule has 0 aliphatic heterocycles. The maximum absolute atomic E-state index is 12.5. The highest BCUT2D eigenvalue weighted by Gasteiger charge is 2.53. The van der Waals surface area contributed by atoms with Gasteiger partial charge in [-0.1, -0.05) is 6.92 Å². The van der Waals surface area contributed by atoms with Crippen molar-refractivity contribution in [1.29, 1.82) is 0 Å². The van der Waals surface area contributed by atoms with Gasteiger partial charge < -0.3 is 14.8 Å². The van der Waals surface area contributed by atoms with Crippen LogP contribution in [0.4, 0.5) is 0 Å². The highest BCUT2D eigenvalue weighted by molar-refractivity contribution is 5.82. The van der Waals surface area contributed by atoms with Crippen molar-refractivity contribution in [2.45, 2.75) is 50.6 Å². The molecule has 1 atom stereocenters. The normalized spacial score (nSPS) is 21.3. The molecule has 2 aliphatic carbocycles. The molecule has 0 bridgehead atoms. The first-order valence-corrected chi connectivity index (χ1v) is 8.24. The van der Waals surface area contributed by atoms with E-state index < -0.39 is 5.54 Å². The molecule has 0 heterocycles. The minimum absolute atomic E-state index is 0.0958. The number of nitrogens with zero attached hydrogens (tertiary/aromatic N) is 1. The van der Waals surface area contributed by atoms with Gasteiger partial charge in [-0.25, -0.2) is 4.79 Å². The molecule has 1 N–H and O–H groups in total. The molecular formula is C16H30N2O3. The van der Waals surface area contributed by atoms with Crippen molar-refractivity contribution in [3.63, 3.8) is 0 Å². The third-order valence-corrected chi connectivity index (χ3v) is 4.61. The molecule has 1 unspecified atom stereocenters. The summed E-state index contributed by atoms with van der Waals surface area (Å²) in [7, 11) is 3.23. The van der Waals surface area contributed by atoms with Gasteiger partial charge in [0.2, 0.25) is 0 Å². The third kappa shape index (κ3) is 4.18. The highest BCUT2D eigenvalue weighted by atomic mass is 16.5. The minimum atomic E-state index is -0.527. The van der Waals surface area contributed by atoms with E-state index in [-0.39, 0.29) is 5.97 Å². The molecule has 2 rings (SSSR count). The van der Waals surface area contributed by atoms with Crippen LogP contribution >= 0.6 is 0 Å². The standard InChI is InChI=1S/C16H30N2O3/c1-4-9-17-16(13-5-6-13,15(19)21-3)12-18(10-11-20-2)14-7-8-14/h13-14,17H,4-12H2,1-3H3. The molecule has 0 aromatic carbocycles. The number of hydrogen-bond acceptors (Lipinski definition) is 5. The Balaban J connectivity index is 2.10. The lowest BCUT2D eigenvalue weighted by Crippen LogP contribution is -2.62. The third-order valence-electron chi connectivity index (χ3n) is 4.61. The van der Waals surface area contributed by atoms with E-state index in [0.29, 0.717) is 18.6 Å². The van der Waals surface area contributed by atoms with E-state index in [1.165, 1.54) is 20.0 Å². The Morgan fingerprint density at radius 2 is 2.00 bits per heavy atom. The molecule has 2 fully saturated rings. The van der Waals surface area contributed by atoms with Gasteiger partial charge in [-0.2, -0.15) is 0 Å². The SMILES string of the molecule is CCCNC(CN(CCOC)C1CC1)(C(=O)OC)C1CC1. The first-order chi connectivity index (χ1) is 10.2. The van der Waals surface area contributed by atoms with Crippen molar-refractivity contribution in [1.82, 2.24) is 10.2 Å². The molecule has 21 heavy (non-hydrogen) atoms. The van der Waals surface area contributed by atoms with Gasteiger partial charge in [0.1, 0.15) is 5.54 Å². The molecule has 5 heteroatoms. The van der Waals surface area contributed by atoms with E-state index in [2.05, 4.69) is 17.1 Å². The Kier molecular flexibility index (Phi) is 6.02. The summed E-state index contributed by atoms with van der Waals surface area (Å²) in [6.07, 6.45) is 5.73. The summed E-state index contributed by atoms with van der Waals surface area (Å²) in [6, 6.07) is 0.617. The second-order valence-corrected chi connectivity index (χ2v) is 6.36. The number of carbonyl (C=O) groups excluding carboxylic acids is 1. The zero-order valence-electron chi connectivity index (χ0n) is 13.7. The summed E-state index contributed by atoms with van der Waals surface area (Å²) >= 11 is 0. The molecule has 122 valence electrons. The van der Waals surface area contributed by atoms with E-state index in [0.717, 1.165) is 38.9 Å². The Bertz CT molecular complexity index is 342. The zero-order valence-corrected chi connectivity index (χ0v) is 13.7. The largest absolute Gasteiger partial charge is 0.468 e. The van der Waals surface area contributed by atoms with Crippen LogP contribution in [0.15, 0.2) is 0 Å². The van der Waals surface area contributed by atoms with Crippen molar-refractivity contribution in [3.05, 3.63) is 0 Å². The van der Waals surface area contributed by atoms with Crippen LogP contribution in [0.25, 0.3) is 0 Å². The number of esters is 1. The number of rotatable bonds is 11. The van der Waals surface area contributed by atoms with E-state index in [1.54, 1.807) is 7.11 Å². The number of ether oxygens (including phenoxy) is 2. The average molecular weight is 298 g/mol. The van der Waals surface area contributed by atoms with E-state index in [1.807, 2.05) is 0 Å². The highest BCUT2D eigenvalue weighted by Crippen LogP contribution is 2.42. The monoisotopic (exact) mass is 298 g/mol. The lowest BCUT2D eigenvalue weighted by molar-refractivity contribution is -0.151. The van der Waals surface area contributed by atoms with Gasteiger partial charge in [0.15, 0.2) is 0 Å². The van der Waals surface area contributed by atoms with Crippen molar-refractivity contribution in [2.24, 2.45) is 5.92 Å². The Morgan fingerprint density at radius 3 is 2.48 bits per heavy atom. The second-order valence-electron chi connectivity index (χ2n) is 6.36. The Labute approximate surface area is 128 Å². The first kappa shape index (κ1) is 16.7. The lowest BCUT2D eigenvalue weighted by Gasteiger charge is -2.37. The fourth-order valence-corrected chi connectivity index (χ4v) is 3.10. The predicted molar refractivity (Wildman–Crippen MR) is 82.2 cm³/mol. The van der Waals surface area contributed by atoms with Crippen LogP contribution in [0.2, 0.25) is 0 Å².